The van der Waals surface area contributed by atoms with Crippen molar-refractivity contribution in [2.24, 2.45) is 5.92 Å². The highest BCUT2D eigenvalue weighted by atomic mass is 16.5. The van der Waals surface area contributed by atoms with Crippen LogP contribution in [-0.2, 0) is 0 Å². The lowest BCUT2D eigenvalue weighted by Crippen LogP contribution is -2.12. The predicted octanol–water partition coefficient (Wildman–Crippen LogP) is 3.21. The summed E-state index contributed by atoms with van der Waals surface area (Å²) in [6.45, 7) is 5.73. The third-order valence-corrected chi connectivity index (χ3v) is 2.39. The highest BCUT2D eigenvalue weighted by Gasteiger charge is 2.17. The fourth-order valence-electron chi connectivity index (χ4n) is 1.51. The molecule has 0 aliphatic heterocycles. The van der Waals surface area contributed by atoms with E-state index in [1.54, 1.807) is 24.3 Å². The summed E-state index contributed by atoms with van der Waals surface area (Å²) in [5, 5.41) is 8.84. The second-order valence-electron chi connectivity index (χ2n) is 4.15. The maximum atomic E-state index is 11.9. The summed E-state index contributed by atoms with van der Waals surface area (Å²) in [7, 11) is 0. The number of carbonyl (C=O) groups excluding carboxylic acids is 1. The second kappa shape index (κ2) is 6.05. The molecule has 0 aliphatic carbocycles. The summed E-state index contributed by atoms with van der Waals surface area (Å²) in [5.74, 6) is 0.0690. The maximum Gasteiger partial charge on any atom is 0.179 e. The summed E-state index contributed by atoms with van der Waals surface area (Å²) in [4.78, 5) is 11.9. The van der Waals surface area contributed by atoms with E-state index in [4.69, 9.17) is 10.00 Å². The molecule has 0 heterocycles. The van der Waals surface area contributed by atoms with Gasteiger partial charge in [0.15, 0.2) is 5.78 Å². The van der Waals surface area contributed by atoms with Gasteiger partial charge in [-0.3, -0.25) is 4.79 Å². The van der Waals surface area contributed by atoms with Crippen molar-refractivity contribution in [1.29, 1.82) is 5.26 Å². The summed E-state index contributed by atoms with van der Waals surface area (Å²) in [6.07, 6.45) is 0.651. The number of carbonyl (C=O) groups is 1. The topological polar surface area (TPSA) is 50.1 Å². The Morgan fingerprint density at radius 3 is 2.35 bits per heavy atom. The van der Waals surface area contributed by atoms with Crippen LogP contribution in [0.5, 0.6) is 5.75 Å². The molecule has 0 aromatic heterocycles. The molecule has 17 heavy (non-hydrogen) atoms. The molecule has 0 radical (unpaired) electrons. The van der Waals surface area contributed by atoms with E-state index in [0.29, 0.717) is 12.0 Å². The fourth-order valence-corrected chi connectivity index (χ4v) is 1.51. The van der Waals surface area contributed by atoms with E-state index in [1.807, 2.05) is 26.8 Å². The largest absolute Gasteiger partial charge is 0.491 e. The van der Waals surface area contributed by atoms with E-state index in [0.717, 1.165) is 5.75 Å². The fraction of sp³-hybridized carbons (Fsp3) is 0.429. The van der Waals surface area contributed by atoms with Crippen molar-refractivity contribution in [3.05, 3.63) is 29.8 Å². The average Bonchev–Trinajstić information content (AvgIpc) is 2.30. The van der Waals surface area contributed by atoms with Crippen LogP contribution < -0.4 is 4.74 Å². The van der Waals surface area contributed by atoms with Gasteiger partial charge in [0, 0.05) is 5.56 Å². The molecule has 1 atom stereocenters. The first kappa shape index (κ1) is 13.2. The van der Waals surface area contributed by atoms with Gasteiger partial charge < -0.3 is 4.74 Å². The Bertz CT molecular complexity index is 415. The van der Waals surface area contributed by atoms with E-state index in [1.165, 1.54) is 0 Å². The van der Waals surface area contributed by atoms with Crippen LogP contribution in [0, 0.1) is 17.2 Å². The second-order valence-corrected chi connectivity index (χ2v) is 4.15. The molecule has 0 saturated carbocycles. The molecule has 0 N–H and O–H groups in total. The molecule has 0 fully saturated rings. The Morgan fingerprint density at radius 2 is 1.94 bits per heavy atom. The average molecular weight is 231 g/mol. The Morgan fingerprint density at radius 1 is 1.35 bits per heavy atom. The minimum Gasteiger partial charge on any atom is -0.491 e. The standard InChI is InChI=1S/C14H17NO2/c1-4-11(9-15)14(16)12-5-7-13(8-6-12)17-10(2)3/h5-8,10-11H,4H2,1-3H3. The smallest absolute Gasteiger partial charge is 0.179 e. The van der Waals surface area contributed by atoms with Gasteiger partial charge in [-0.15, -0.1) is 0 Å². The third kappa shape index (κ3) is 3.60. The number of hydrogen-bond acceptors (Lipinski definition) is 3. The van der Waals surface area contributed by atoms with Gasteiger partial charge in [-0.25, -0.2) is 0 Å². The number of Topliss-reactive ketones (excluding diaryl/α,β-unsaturated/α-hetero) is 1. The molecule has 0 bridgehead atoms. The lowest BCUT2D eigenvalue weighted by atomic mass is 9.97. The van der Waals surface area contributed by atoms with Crippen molar-refractivity contribution in [2.45, 2.75) is 33.3 Å². The van der Waals surface area contributed by atoms with Gasteiger partial charge in [-0.05, 0) is 44.5 Å². The number of hydrogen-bond donors (Lipinski definition) is 0. The highest BCUT2D eigenvalue weighted by Crippen LogP contribution is 2.17. The zero-order chi connectivity index (χ0) is 12.8. The first-order valence-electron chi connectivity index (χ1n) is 5.79. The summed E-state index contributed by atoms with van der Waals surface area (Å²) in [5.41, 5.74) is 0.564. The van der Waals surface area contributed by atoms with Gasteiger partial charge in [0.2, 0.25) is 0 Å². The Labute approximate surface area is 102 Å². The Hall–Kier alpha value is -1.82. The van der Waals surface area contributed by atoms with Crippen LogP contribution in [0.25, 0.3) is 0 Å². The van der Waals surface area contributed by atoms with Crippen LogP contribution in [0.1, 0.15) is 37.6 Å². The van der Waals surface area contributed by atoms with Crippen LogP contribution >= 0.6 is 0 Å². The van der Waals surface area contributed by atoms with Gasteiger partial charge in [-0.1, -0.05) is 6.92 Å². The van der Waals surface area contributed by atoms with Gasteiger partial charge >= 0.3 is 0 Å². The van der Waals surface area contributed by atoms with Crippen LogP contribution in [0.2, 0.25) is 0 Å². The number of nitrogens with zero attached hydrogens (tertiary/aromatic N) is 1. The number of benzene rings is 1. The minimum atomic E-state index is -0.549. The quantitative estimate of drug-likeness (QED) is 0.731. The zero-order valence-electron chi connectivity index (χ0n) is 10.4. The number of ketones is 1. The molecule has 3 heteroatoms. The van der Waals surface area contributed by atoms with Crippen molar-refractivity contribution in [1.82, 2.24) is 0 Å². The van der Waals surface area contributed by atoms with Gasteiger partial charge in [0.1, 0.15) is 11.7 Å². The summed E-state index contributed by atoms with van der Waals surface area (Å²) < 4.78 is 5.49. The van der Waals surface area contributed by atoms with Crippen molar-refractivity contribution in [3.8, 4) is 11.8 Å². The highest BCUT2D eigenvalue weighted by molar-refractivity contribution is 5.99. The van der Waals surface area contributed by atoms with E-state index in [-0.39, 0.29) is 11.9 Å². The normalized spacial score (nSPS) is 11.9. The molecule has 90 valence electrons. The van der Waals surface area contributed by atoms with Crippen LogP contribution in [-0.4, -0.2) is 11.9 Å². The maximum absolute atomic E-state index is 11.9. The number of rotatable bonds is 5. The molecule has 0 aliphatic rings. The SMILES string of the molecule is CCC(C#N)C(=O)c1ccc(OC(C)C)cc1. The van der Waals surface area contributed by atoms with E-state index < -0.39 is 5.92 Å². The van der Waals surface area contributed by atoms with E-state index in [2.05, 4.69) is 0 Å². The molecule has 1 aromatic carbocycles. The number of nitriles is 1. The summed E-state index contributed by atoms with van der Waals surface area (Å²) >= 11 is 0. The lowest BCUT2D eigenvalue weighted by Gasteiger charge is -2.10. The van der Waals surface area contributed by atoms with Gasteiger partial charge in [0.25, 0.3) is 0 Å². The van der Waals surface area contributed by atoms with Crippen LogP contribution in [0.3, 0.4) is 0 Å². The van der Waals surface area contributed by atoms with Crippen LogP contribution in [0.4, 0.5) is 0 Å². The Kier molecular flexibility index (Phi) is 4.71. The molecule has 3 nitrogen and oxygen atoms in total. The molecule has 0 saturated heterocycles. The van der Waals surface area contributed by atoms with Gasteiger partial charge in [-0.2, -0.15) is 5.26 Å². The van der Waals surface area contributed by atoms with Crippen LogP contribution in [0.15, 0.2) is 24.3 Å². The first-order chi connectivity index (χ1) is 8.08. The monoisotopic (exact) mass is 231 g/mol. The van der Waals surface area contributed by atoms with Crippen molar-refractivity contribution < 1.29 is 9.53 Å². The molecule has 0 amide bonds. The third-order valence-electron chi connectivity index (χ3n) is 2.39. The summed E-state index contributed by atoms with van der Waals surface area (Å²) in [6, 6.07) is 8.96. The minimum absolute atomic E-state index is 0.110. The molecule has 1 aromatic rings. The van der Waals surface area contributed by atoms with Crippen molar-refractivity contribution in [3.63, 3.8) is 0 Å². The van der Waals surface area contributed by atoms with Crippen molar-refractivity contribution in [2.75, 3.05) is 0 Å². The first-order valence-corrected chi connectivity index (χ1v) is 5.79. The Balaban J connectivity index is 2.81. The predicted molar refractivity (Wildman–Crippen MR) is 65.9 cm³/mol. The van der Waals surface area contributed by atoms with E-state index in [9.17, 15) is 4.79 Å². The lowest BCUT2D eigenvalue weighted by molar-refractivity contribution is 0.0946. The molecule has 0 spiro atoms. The van der Waals surface area contributed by atoms with Gasteiger partial charge in [0.05, 0.1) is 12.2 Å². The number of ether oxygens (including phenoxy) is 1. The zero-order valence-corrected chi connectivity index (χ0v) is 10.4. The molecule has 1 rings (SSSR count). The molecular formula is C14H17NO2. The molecule has 1 unspecified atom stereocenters. The molecular weight excluding hydrogens is 214 g/mol. The van der Waals surface area contributed by atoms with E-state index >= 15 is 0 Å². The van der Waals surface area contributed by atoms with Crippen molar-refractivity contribution >= 4 is 5.78 Å².